The first-order valence-corrected chi connectivity index (χ1v) is 12.8. The monoisotopic (exact) mass is 506 g/mol. The number of aliphatic hydroxyl groups excluding tert-OH is 1. The van der Waals surface area contributed by atoms with Gasteiger partial charge in [0.25, 0.3) is 5.91 Å². The number of amides is 2. The largest absolute Gasteiger partial charge is 0.469 e. The van der Waals surface area contributed by atoms with Gasteiger partial charge in [-0.25, -0.2) is 0 Å². The molecule has 2 amide bonds. The van der Waals surface area contributed by atoms with Gasteiger partial charge in [0.1, 0.15) is 0 Å². The lowest BCUT2D eigenvalue weighted by Gasteiger charge is -2.31. The van der Waals surface area contributed by atoms with Crippen LogP contribution >= 0.6 is 0 Å². The van der Waals surface area contributed by atoms with Gasteiger partial charge in [-0.3, -0.25) is 19.3 Å². The molecule has 37 heavy (non-hydrogen) atoms. The molecule has 2 heterocycles. The number of fused-ring (bicyclic) bond motifs is 2. The predicted molar refractivity (Wildman–Crippen MR) is 140 cm³/mol. The summed E-state index contributed by atoms with van der Waals surface area (Å²) in [6.45, 7) is 2.08. The van der Waals surface area contributed by atoms with E-state index in [-0.39, 0.29) is 24.9 Å². The van der Waals surface area contributed by atoms with E-state index in [9.17, 15) is 19.5 Å². The highest BCUT2D eigenvalue weighted by molar-refractivity contribution is 6.09. The van der Waals surface area contributed by atoms with Crippen LogP contribution in [-0.2, 0) is 31.1 Å². The SMILES string of the molecule is COC(=O)CCCCN1C(=O)[C@@](O)([C@@H](C)/C=C/CCO)c2cc(N3C(=O)CCc4ccccc43)ccc21. The molecule has 2 aromatic rings. The van der Waals surface area contributed by atoms with E-state index in [0.717, 1.165) is 11.3 Å². The van der Waals surface area contributed by atoms with Gasteiger partial charge in [-0.1, -0.05) is 37.3 Å². The van der Waals surface area contributed by atoms with Crippen molar-refractivity contribution in [2.24, 2.45) is 5.92 Å². The van der Waals surface area contributed by atoms with Crippen molar-refractivity contribution in [2.45, 2.75) is 51.0 Å². The van der Waals surface area contributed by atoms with Gasteiger partial charge in [0, 0.05) is 43.2 Å². The lowest BCUT2D eigenvalue weighted by Crippen LogP contribution is -2.44. The fourth-order valence-electron chi connectivity index (χ4n) is 5.16. The molecule has 196 valence electrons. The Balaban J connectivity index is 1.72. The van der Waals surface area contributed by atoms with Gasteiger partial charge in [0.05, 0.1) is 18.5 Å². The zero-order valence-corrected chi connectivity index (χ0v) is 21.4. The third-order valence-electron chi connectivity index (χ3n) is 7.22. The van der Waals surface area contributed by atoms with Crippen LogP contribution in [0.1, 0.15) is 50.2 Å². The molecular weight excluding hydrogens is 472 g/mol. The first-order chi connectivity index (χ1) is 17.8. The molecule has 2 aromatic carbocycles. The maximum absolute atomic E-state index is 13.7. The van der Waals surface area contributed by atoms with E-state index < -0.39 is 17.4 Å². The number of carbonyl (C=O) groups is 3. The molecule has 4 rings (SSSR count). The number of benzene rings is 2. The molecule has 2 atom stereocenters. The van der Waals surface area contributed by atoms with E-state index in [1.54, 1.807) is 41.0 Å². The Morgan fingerprint density at radius 1 is 1.14 bits per heavy atom. The van der Waals surface area contributed by atoms with Crippen molar-refractivity contribution >= 4 is 34.8 Å². The molecule has 0 unspecified atom stereocenters. The fraction of sp³-hybridized carbons (Fsp3) is 0.414. The van der Waals surface area contributed by atoms with Crippen molar-refractivity contribution in [3.05, 3.63) is 65.7 Å². The number of hydrogen-bond donors (Lipinski definition) is 2. The van der Waals surface area contributed by atoms with Crippen LogP contribution in [0.25, 0.3) is 0 Å². The van der Waals surface area contributed by atoms with Gasteiger partial charge in [0.15, 0.2) is 5.60 Å². The molecule has 0 saturated carbocycles. The number of ether oxygens (including phenoxy) is 1. The molecule has 0 spiro atoms. The van der Waals surface area contributed by atoms with Crippen LogP contribution in [0.5, 0.6) is 0 Å². The third kappa shape index (κ3) is 5.04. The second kappa shape index (κ2) is 11.3. The van der Waals surface area contributed by atoms with Gasteiger partial charge in [-0.2, -0.15) is 0 Å². The summed E-state index contributed by atoms with van der Waals surface area (Å²) in [6.07, 6.45) is 6.33. The smallest absolute Gasteiger partial charge is 0.305 e. The summed E-state index contributed by atoms with van der Waals surface area (Å²) in [5, 5.41) is 21.1. The Labute approximate surface area is 217 Å². The van der Waals surface area contributed by atoms with Crippen LogP contribution in [0.3, 0.4) is 0 Å². The second-order valence-electron chi connectivity index (χ2n) is 9.54. The Kier molecular flexibility index (Phi) is 8.10. The molecule has 8 heteroatoms. The van der Waals surface area contributed by atoms with E-state index in [1.165, 1.54) is 7.11 Å². The number of aliphatic hydroxyl groups is 2. The van der Waals surface area contributed by atoms with Crippen LogP contribution in [0.2, 0.25) is 0 Å². The minimum Gasteiger partial charge on any atom is -0.469 e. The minimum atomic E-state index is -1.84. The van der Waals surface area contributed by atoms with Crippen molar-refractivity contribution in [2.75, 3.05) is 30.1 Å². The number of methoxy groups -OCH3 is 1. The minimum absolute atomic E-state index is 0.0286. The van der Waals surface area contributed by atoms with Crippen LogP contribution in [0.4, 0.5) is 17.1 Å². The molecule has 0 aromatic heterocycles. The molecule has 2 aliphatic heterocycles. The lowest BCUT2D eigenvalue weighted by atomic mass is 9.82. The van der Waals surface area contributed by atoms with Gasteiger partial charge >= 0.3 is 5.97 Å². The van der Waals surface area contributed by atoms with E-state index in [4.69, 9.17) is 9.84 Å². The van der Waals surface area contributed by atoms with Gasteiger partial charge in [-0.15, -0.1) is 0 Å². The quantitative estimate of drug-likeness (QED) is 0.289. The standard InChI is InChI=1S/C29H34N2O6/c1-20(9-6-8-18-32)29(36)23-19-22(31-24-11-4-3-10-21(24)13-16-26(31)33)14-15-25(23)30(28(29)35)17-7-5-12-27(34)37-2/h3-4,6,9-11,14-15,19-20,32,36H,5,7-8,12-13,16-18H2,1-2H3/b9-6+/t20-,29+/m0/s1. The number of para-hydroxylation sites is 1. The van der Waals surface area contributed by atoms with E-state index in [0.29, 0.717) is 55.6 Å². The topological polar surface area (TPSA) is 107 Å². The normalized spacial score (nSPS) is 19.8. The van der Waals surface area contributed by atoms with E-state index in [2.05, 4.69) is 0 Å². The summed E-state index contributed by atoms with van der Waals surface area (Å²) in [4.78, 5) is 41.5. The Morgan fingerprint density at radius 3 is 2.68 bits per heavy atom. The maximum atomic E-state index is 13.7. The lowest BCUT2D eigenvalue weighted by molar-refractivity contribution is -0.140. The number of hydrogen-bond acceptors (Lipinski definition) is 6. The molecule has 8 nitrogen and oxygen atoms in total. The molecule has 0 radical (unpaired) electrons. The highest BCUT2D eigenvalue weighted by Crippen LogP contribution is 2.48. The number of anilines is 3. The summed E-state index contributed by atoms with van der Waals surface area (Å²) in [6, 6.07) is 13.1. The zero-order valence-electron chi connectivity index (χ0n) is 21.4. The summed E-state index contributed by atoms with van der Waals surface area (Å²) in [5.41, 5.74) is 1.68. The second-order valence-corrected chi connectivity index (χ2v) is 9.54. The van der Waals surface area contributed by atoms with Crippen molar-refractivity contribution < 1.29 is 29.3 Å². The summed E-state index contributed by atoms with van der Waals surface area (Å²) < 4.78 is 4.70. The van der Waals surface area contributed by atoms with Crippen molar-refractivity contribution in [1.29, 1.82) is 0 Å². The van der Waals surface area contributed by atoms with Gasteiger partial charge in [-0.05, 0) is 55.5 Å². The average molecular weight is 507 g/mol. The highest BCUT2D eigenvalue weighted by atomic mass is 16.5. The van der Waals surface area contributed by atoms with Crippen LogP contribution in [0, 0.1) is 5.92 Å². The summed E-state index contributed by atoms with van der Waals surface area (Å²) in [7, 11) is 1.34. The first kappa shape index (κ1) is 26.6. The number of rotatable bonds is 10. The summed E-state index contributed by atoms with van der Waals surface area (Å²) >= 11 is 0. The molecule has 0 bridgehead atoms. The average Bonchev–Trinajstić information content (AvgIpc) is 3.12. The molecule has 0 saturated heterocycles. The maximum Gasteiger partial charge on any atom is 0.305 e. The van der Waals surface area contributed by atoms with Crippen molar-refractivity contribution in [1.82, 2.24) is 0 Å². The number of nitrogens with zero attached hydrogens (tertiary/aromatic N) is 2. The van der Waals surface area contributed by atoms with Gasteiger partial charge < -0.3 is 19.8 Å². The molecular formula is C29H34N2O6. The Hall–Kier alpha value is -3.49. The van der Waals surface area contributed by atoms with Crippen molar-refractivity contribution in [3.8, 4) is 0 Å². The Morgan fingerprint density at radius 2 is 1.92 bits per heavy atom. The first-order valence-electron chi connectivity index (χ1n) is 12.8. The molecule has 2 aliphatic rings. The molecule has 0 fully saturated rings. The third-order valence-corrected chi connectivity index (χ3v) is 7.22. The van der Waals surface area contributed by atoms with Crippen LogP contribution in [0.15, 0.2) is 54.6 Å². The summed E-state index contributed by atoms with van der Waals surface area (Å²) in [5.74, 6) is -1.36. The van der Waals surface area contributed by atoms with Crippen LogP contribution < -0.4 is 9.80 Å². The van der Waals surface area contributed by atoms with Crippen LogP contribution in [-0.4, -0.2) is 48.3 Å². The van der Waals surface area contributed by atoms with E-state index in [1.807, 2.05) is 30.3 Å². The van der Waals surface area contributed by atoms with E-state index >= 15 is 0 Å². The number of esters is 1. The van der Waals surface area contributed by atoms with Gasteiger partial charge in [0.2, 0.25) is 5.91 Å². The molecule has 0 aliphatic carbocycles. The Bertz CT molecular complexity index is 1210. The molecule has 2 N–H and O–H groups in total. The predicted octanol–water partition coefficient (Wildman–Crippen LogP) is 3.75. The zero-order chi connectivity index (χ0) is 26.6. The van der Waals surface area contributed by atoms with Crippen molar-refractivity contribution in [3.63, 3.8) is 0 Å². The number of carbonyl (C=O) groups excluding carboxylic acids is 3. The fourth-order valence-corrected chi connectivity index (χ4v) is 5.16. The number of aryl methyl sites for hydroxylation is 1. The number of unbranched alkanes of at least 4 members (excludes halogenated alkanes) is 1. The highest BCUT2D eigenvalue weighted by Gasteiger charge is 2.52.